The highest BCUT2D eigenvalue weighted by atomic mass is 32.1. The molecule has 2 aromatic rings. The number of para-hydroxylation sites is 1. The van der Waals surface area contributed by atoms with Crippen molar-refractivity contribution < 1.29 is 19.1 Å². The Hall–Kier alpha value is -2.34. The first-order valence-corrected chi connectivity index (χ1v) is 9.99. The van der Waals surface area contributed by atoms with Gasteiger partial charge in [0.25, 0.3) is 5.91 Å². The zero-order chi connectivity index (χ0) is 19.7. The van der Waals surface area contributed by atoms with E-state index in [1.165, 1.54) is 11.3 Å². The molecule has 2 heterocycles. The monoisotopic (exact) mass is 387 g/mol. The number of fused-ring (bicyclic) bond motifs is 3. The van der Waals surface area contributed by atoms with Gasteiger partial charge in [0.1, 0.15) is 17.2 Å². The normalized spacial score (nSPS) is 13.6. The van der Waals surface area contributed by atoms with Crippen molar-refractivity contribution in [2.24, 2.45) is 0 Å². The third-order valence-electron chi connectivity index (χ3n) is 4.52. The highest BCUT2D eigenvalue weighted by Crippen LogP contribution is 2.42. The summed E-state index contributed by atoms with van der Waals surface area (Å²) in [6, 6.07) is 9.66. The molecule has 3 rings (SSSR count). The summed E-state index contributed by atoms with van der Waals surface area (Å²) in [6.07, 6.45) is -0.829. The van der Waals surface area contributed by atoms with E-state index < -0.39 is 12.1 Å². The van der Waals surface area contributed by atoms with Crippen LogP contribution < -0.4 is 4.74 Å². The molecule has 1 aliphatic heterocycles. The number of thiophene rings is 1. The van der Waals surface area contributed by atoms with Crippen molar-refractivity contribution in [3.05, 3.63) is 40.8 Å². The summed E-state index contributed by atoms with van der Waals surface area (Å²) in [5.74, 6) is 0.170. The minimum atomic E-state index is -0.829. The molecule has 5 nitrogen and oxygen atoms in total. The molecule has 6 heteroatoms. The van der Waals surface area contributed by atoms with Crippen LogP contribution in [-0.4, -0.2) is 35.0 Å². The Morgan fingerprint density at radius 1 is 1.11 bits per heavy atom. The number of hydrogen-bond donors (Lipinski definition) is 0. The lowest BCUT2D eigenvalue weighted by Gasteiger charge is -2.32. The van der Waals surface area contributed by atoms with Gasteiger partial charge in [-0.1, -0.05) is 12.1 Å². The van der Waals surface area contributed by atoms with Crippen LogP contribution in [0.15, 0.2) is 30.3 Å². The number of amides is 1. The molecule has 1 atom stereocenters. The molecule has 0 N–H and O–H groups in total. The molecule has 0 aliphatic carbocycles. The maximum atomic E-state index is 12.7. The maximum absolute atomic E-state index is 12.7. The highest BCUT2D eigenvalue weighted by molar-refractivity contribution is 7.17. The van der Waals surface area contributed by atoms with Crippen LogP contribution >= 0.6 is 11.3 Å². The molecule has 1 aromatic carbocycles. The van der Waals surface area contributed by atoms with E-state index in [4.69, 9.17) is 9.47 Å². The second kappa shape index (κ2) is 7.72. The number of hydrogen-bond acceptors (Lipinski definition) is 5. The van der Waals surface area contributed by atoms with Crippen LogP contribution in [0.25, 0.3) is 10.4 Å². The Morgan fingerprint density at radius 3 is 2.44 bits per heavy atom. The largest absolute Gasteiger partial charge is 0.488 e. The van der Waals surface area contributed by atoms with Gasteiger partial charge in [-0.2, -0.15) is 0 Å². The van der Waals surface area contributed by atoms with Crippen molar-refractivity contribution in [3.8, 4) is 16.2 Å². The van der Waals surface area contributed by atoms with Crippen LogP contribution in [0.3, 0.4) is 0 Å². The van der Waals surface area contributed by atoms with Crippen molar-refractivity contribution >= 4 is 23.2 Å². The lowest BCUT2D eigenvalue weighted by Crippen LogP contribution is -2.47. The molecule has 0 unspecified atom stereocenters. The summed E-state index contributed by atoms with van der Waals surface area (Å²) < 4.78 is 11.2. The number of benzene rings is 1. The Bertz CT molecular complexity index is 848. The molecule has 1 aromatic heterocycles. The van der Waals surface area contributed by atoms with E-state index in [9.17, 15) is 9.59 Å². The average Bonchev–Trinajstić information content (AvgIpc) is 3.06. The fourth-order valence-corrected chi connectivity index (χ4v) is 4.46. The molecular weight excluding hydrogens is 362 g/mol. The van der Waals surface area contributed by atoms with E-state index in [0.29, 0.717) is 11.5 Å². The zero-order valence-corrected chi connectivity index (χ0v) is 17.1. The molecule has 1 aliphatic rings. The molecule has 0 fully saturated rings. The van der Waals surface area contributed by atoms with E-state index in [1.807, 2.05) is 52.0 Å². The fraction of sp³-hybridized carbons (Fsp3) is 0.429. The van der Waals surface area contributed by atoms with Gasteiger partial charge in [-0.25, -0.2) is 4.79 Å². The summed E-state index contributed by atoms with van der Waals surface area (Å²) in [6.45, 7) is 9.88. The number of carbonyl (C=O) groups is 2. The summed E-state index contributed by atoms with van der Waals surface area (Å²) in [5.41, 5.74) is 1.95. The highest BCUT2D eigenvalue weighted by Gasteiger charge is 2.29. The smallest absolute Gasteiger partial charge is 0.349 e. The van der Waals surface area contributed by atoms with Crippen LogP contribution in [0.4, 0.5) is 0 Å². The Balaban J connectivity index is 1.76. The van der Waals surface area contributed by atoms with Crippen LogP contribution in [-0.2, 0) is 16.1 Å². The first-order chi connectivity index (χ1) is 12.8. The van der Waals surface area contributed by atoms with Crippen molar-refractivity contribution in [2.45, 2.75) is 59.4 Å². The molecule has 27 heavy (non-hydrogen) atoms. The van der Waals surface area contributed by atoms with E-state index in [2.05, 4.69) is 0 Å². The molecule has 0 saturated carbocycles. The van der Waals surface area contributed by atoms with Gasteiger partial charge in [0.2, 0.25) is 0 Å². The van der Waals surface area contributed by atoms with Gasteiger partial charge in [-0.15, -0.1) is 11.3 Å². The third-order valence-corrected chi connectivity index (χ3v) is 5.71. The predicted octanol–water partition coefficient (Wildman–Crippen LogP) is 4.50. The zero-order valence-electron chi connectivity index (χ0n) is 16.3. The second-order valence-corrected chi connectivity index (χ2v) is 8.28. The van der Waals surface area contributed by atoms with Crippen LogP contribution in [0, 0.1) is 0 Å². The maximum Gasteiger partial charge on any atom is 0.349 e. The first kappa shape index (κ1) is 19.4. The van der Waals surface area contributed by atoms with Gasteiger partial charge in [-0.3, -0.25) is 4.79 Å². The van der Waals surface area contributed by atoms with E-state index in [1.54, 1.807) is 17.9 Å². The van der Waals surface area contributed by atoms with Gasteiger partial charge < -0.3 is 14.4 Å². The molecule has 0 radical (unpaired) electrons. The molecule has 144 valence electrons. The molecule has 0 saturated heterocycles. The van der Waals surface area contributed by atoms with Crippen molar-refractivity contribution in [1.29, 1.82) is 0 Å². The summed E-state index contributed by atoms with van der Waals surface area (Å²) in [4.78, 5) is 28.6. The van der Waals surface area contributed by atoms with Crippen LogP contribution in [0.5, 0.6) is 5.75 Å². The Morgan fingerprint density at radius 2 is 1.78 bits per heavy atom. The summed E-state index contributed by atoms with van der Waals surface area (Å²) in [5, 5.41) is 0. The van der Waals surface area contributed by atoms with Gasteiger partial charge >= 0.3 is 5.97 Å². The predicted molar refractivity (Wildman–Crippen MR) is 106 cm³/mol. The second-order valence-electron chi connectivity index (χ2n) is 7.23. The number of esters is 1. The summed E-state index contributed by atoms with van der Waals surface area (Å²) in [7, 11) is 0. The van der Waals surface area contributed by atoms with E-state index in [0.717, 1.165) is 21.8 Å². The van der Waals surface area contributed by atoms with Gasteiger partial charge in [0.15, 0.2) is 6.10 Å². The average molecular weight is 388 g/mol. The third kappa shape index (κ3) is 3.86. The van der Waals surface area contributed by atoms with Gasteiger partial charge in [-0.05, 0) is 52.8 Å². The molecule has 0 spiro atoms. The molecule has 1 amide bonds. The van der Waals surface area contributed by atoms with E-state index in [-0.39, 0.29) is 18.0 Å². The van der Waals surface area contributed by atoms with Gasteiger partial charge in [0, 0.05) is 28.1 Å². The van der Waals surface area contributed by atoms with Crippen LogP contribution in [0.2, 0.25) is 0 Å². The summed E-state index contributed by atoms with van der Waals surface area (Å²) >= 11 is 1.38. The number of nitrogens with zero attached hydrogens (tertiary/aromatic N) is 1. The Kier molecular flexibility index (Phi) is 5.56. The SMILES string of the molecule is CC(C)N(C(=O)[C@@H](C)OC(=O)c1cc2c(s1)-c1ccccc1OC2)C(C)C. The van der Waals surface area contributed by atoms with Gasteiger partial charge in [0.05, 0.1) is 0 Å². The first-order valence-electron chi connectivity index (χ1n) is 9.17. The van der Waals surface area contributed by atoms with Crippen LogP contribution in [0.1, 0.15) is 49.9 Å². The van der Waals surface area contributed by atoms with E-state index >= 15 is 0 Å². The van der Waals surface area contributed by atoms with Crippen molar-refractivity contribution in [2.75, 3.05) is 0 Å². The number of rotatable bonds is 5. The molecular formula is C21H25NO4S. The quantitative estimate of drug-likeness (QED) is 0.709. The standard InChI is InChI=1S/C21H25NO4S/c1-12(2)22(13(3)4)20(23)14(5)26-21(24)18-10-15-11-25-17-9-7-6-8-16(17)19(15)27-18/h6-10,12-14H,11H2,1-5H3/t14-/m1/s1. The topological polar surface area (TPSA) is 55.8 Å². The minimum absolute atomic E-state index is 0.0429. The van der Waals surface area contributed by atoms with Crippen molar-refractivity contribution in [1.82, 2.24) is 4.90 Å². The Labute approximate surface area is 163 Å². The number of carbonyl (C=O) groups excluding carboxylic acids is 2. The minimum Gasteiger partial charge on any atom is -0.488 e. The fourth-order valence-electron chi connectivity index (χ4n) is 3.38. The van der Waals surface area contributed by atoms with Crippen molar-refractivity contribution in [3.63, 3.8) is 0 Å². The number of ether oxygens (including phenoxy) is 2. The molecule has 0 bridgehead atoms. The lowest BCUT2D eigenvalue weighted by molar-refractivity contribution is -0.143. The lowest BCUT2D eigenvalue weighted by atomic mass is 10.1.